The molecule has 2 rings (SSSR count). The molecule has 0 bridgehead atoms. The minimum absolute atomic E-state index is 0.0827. The van der Waals surface area contributed by atoms with Crippen LogP contribution in [0.2, 0.25) is 0 Å². The summed E-state index contributed by atoms with van der Waals surface area (Å²) in [4.78, 5) is 10.9. The third kappa shape index (κ3) is 1.71. The van der Waals surface area contributed by atoms with E-state index in [1.165, 1.54) is 12.4 Å². The molecule has 0 aliphatic rings. The van der Waals surface area contributed by atoms with Crippen LogP contribution in [-0.4, -0.2) is 21.3 Å². The number of nitrogens with zero attached hydrogens (tertiary/aromatic N) is 2. The molecule has 0 aliphatic heterocycles. The zero-order valence-corrected chi connectivity index (χ0v) is 7.97. The largest absolute Gasteiger partial charge is 0.478 e. The molecule has 0 amide bonds. The van der Waals surface area contributed by atoms with E-state index in [0.717, 1.165) is 5.76 Å². The maximum absolute atomic E-state index is 10.9. The van der Waals surface area contributed by atoms with Crippen molar-refractivity contribution in [2.45, 2.75) is 6.92 Å². The van der Waals surface area contributed by atoms with Crippen LogP contribution in [0, 0.1) is 6.92 Å². The van der Waals surface area contributed by atoms with Crippen LogP contribution < -0.4 is 0 Å². The van der Waals surface area contributed by atoms with Gasteiger partial charge in [-0.15, -0.1) is 0 Å². The van der Waals surface area contributed by atoms with Crippen molar-refractivity contribution in [1.29, 1.82) is 0 Å². The van der Waals surface area contributed by atoms with Crippen LogP contribution in [0.15, 0.2) is 28.9 Å². The number of furan rings is 1. The molecule has 0 spiro atoms. The Morgan fingerprint density at radius 2 is 2.07 bits per heavy atom. The first-order valence-corrected chi connectivity index (χ1v) is 4.29. The van der Waals surface area contributed by atoms with E-state index in [1.807, 2.05) is 0 Å². The fourth-order valence-electron chi connectivity index (χ4n) is 1.27. The number of carboxylic acids is 1. The van der Waals surface area contributed by atoms with Crippen molar-refractivity contribution in [3.05, 3.63) is 35.9 Å². The van der Waals surface area contributed by atoms with Crippen molar-refractivity contribution < 1.29 is 14.3 Å². The highest BCUT2D eigenvalue weighted by Crippen LogP contribution is 2.24. The Kier molecular flexibility index (Phi) is 2.21. The quantitative estimate of drug-likeness (QED) is 0.806. The van der Waals surface area contributed by atoms with Crippen LogP contribution in [-0.2, 0) is 0 Å². The Labute approximate surface area is 85.4 Å². The topological polar surface area (TPSA) is 76.2 Å². The molecule has 0 aliphatic carbocycles. The standard InChI is InChI=1S/C10H8N2O3/c1-6-2-3-9(15-6)7-4-11-12-5-8(7)10(13)14/h2-5H,1H3,(H,13,14). The number of hydrogen-bond acceptors (Lipinski definition) is 4. The van der Waals surface area contributed by atoms with E-state index in [1.54, 1.807) is 19.1 Å². The van der Waals surface area contributed by atoms with E-state index in [-0.39, 0.29) is 5.56 Å². The molecule has 2 aromatic heterocycles. The second-order valence-electron chi connectivity index (χ2n) is 3.03. The van der Waals surface area contributed by atoms with E-state index < -0.39 is 5.97 Å². The molecular formula is C10H8N2O3. The lowest BCUT2D eigenvalue weighted by Gasteiger charge is -2.00. The Balaban J connectivity index is 2.57. The van der Waals surface area contributed by atoms with Gasteiger partial charge in [0.1, 0.15) is 11.5 Å². The van der Waals surface area contributed by atoms with Crippen LogP contribution in [0.25, 0.3) is 11.3 Å². The molecule has 0 unspecified atom stereocenters. The summed E-state index contributed by atoms with van der Waals surface area (Å²) in [5, 5.41) is 16.1. The highest BCUT2D eigenvalue weighted by Gasteiger charge is 2.14. The van der Waals surface area contributed by atoms with Crippen molar-refractivity contribution in [2.24, 2.45) is 0 Å². The zero-order chi connectivity index (χ0) is 10.8. The van der Waals surface area contributed by atoms with Crippen LogP contribution >= 0.6 is 0 Å². The number of carboxylic acid groups (broad SMARTS) is 1. The van der Waals surface area contributed by atoms with Gasteiger partial charge in [0.05, 0.1) is 23.5 Å². The van der Waals surface area contributed by atoms with Gasteiger partial charge >= 0.3 is 5.97 Å². The first kappa shape index (κ1) is 9.39. The fourth-order valence-corrected chi connectivity index (χ4v) is 1.27. The Morgan fingerprint density at radius 1 is 1.33 bits per heavy atom. The maximum Gasteiger partial charge on any atom is 0.338 e. The molecule has 2 heterocycles. The number of aryl methyl sites for hydroxylation is 1. The maximum atomic E-state index is 10.9. The predicted octanol–water partition coefficient (Wildman–Crippen LogP) is 1.74. The van der Waals surface area contributed by atoms with Gasteiger partial charge in [0.2, 0.25) is 0 Å². The predicted molar refractivity (Wildman–Crippen MR) is 51.4 cm³/mol. The number of hydrogen-bond donors (Lipinski definition) is 1. The molecule has 15 heavy (non-hydrogen) atoms. The van der Waals surface area contributed by atoms with Crippen LogP contribution in [0.4, 0.5) is 0 Å². The van der Waals surface area contributed by atoms with Gasteiger partial charge < -0.3 is 9.52 Å². The zero-order valence-electron chi connectivity index (χ0n) is 7.97. The Hall–Kier alpha value is -2.17. The molecular weight excluding hydrogens is 196 g/mol. The average Bonchev–Trinajstić information content (AvgIpc) is 2.65. The van der Waals surface area contributed by atoms with Crippen LogP contribution in [0.5, 0.6) is 0 Å². The molecule has 5 nitrogen and oxygen atoms in total. The van der Waals surface area contributed by atoms with Gasteiger partial charge in [0, 0.05) is 0 Å². The van der Waals surface area contributed by atoms with E-state index in [2.05, 4.69) is 10.2 Å². The molecule has 0 radical (unpaired) electrons. The van der Waals surface area contributed by atoms with Gasteiger partial charge in [0.25, 0.3) is 0 Å². The smallest absolute Gasteiger partial charge is 0.338 e. The molecule has 76 valence electrons. The molecule has 0 aromatic carbocycles. The van der Waals surface area contributed by atoms with Gasteiger partial charge in [-0.25, -0.2) is 4.79 Å². The second kappa shape index (κ2) is 3.53. The third-order valence-electron chi connectivity index (χ3n) is 1.97. The van der Waals surface area contributed by atoms with E-state index in [0.29, 0.717) is 11.3 Å². The molecule has 5 heteroatoms. The highest BCUT2D eigenvalue weighted by atomic mass is 16.4. The first-order chi connectivity index (χ1) is 7.18. The molecule has 0 fully saturated rings. The summed E-state index contributed by atoms with van der Waals surface area (Å²) in [7, 11) is 0. The normalized spacial score (nSPS) is 10.2. The number of rotatable bonds is 2. The lowest BCUT2D eigenvalue weighted by atomic mass is 10.1. The van der Waals surface area contributed by atoms with Crippen LogP contribution in [0.1, 0.15) is 16.1 Å². The molecule has 0 saturated carbocycles. The summed E-state index contributed by atoms with van der Waals surface area (Å²) in [6.07, 6.45) is 2.58. The summed E-state index contributed by atoms with van der Waals surface area (Å²) < 4.78 is 5.33. The summed E-state index contributed by atoms with van der Waals surface area (Å²) in [6, 6.07) is 3.47. The molecule has 0 atom stereocenters. The number of carbonyl (C=O) groups is 1. The van der Waals surface area contributed by atoms with Gasteiger partial charge in [-0.3, -0.25) is 0 Å². The summed E-state index contributed by atoms with van der Waals surface area (Å²) in [5.74, 6) is 0.159. The molecule has 0 saturated heterocycles. The minimum atomic E-state index is -1.05. The van der Waals surface area contributed by atoms with Crippen molar-refractivity contribution >= 4 is 5.97 Å². The molecule has 1 N–H and O–H groups in total. The first-order valence-electron chi connectivity index (χ1n) is 4.29. The Bertz CT molecular complexity index is 505. The van der Waals surface area contributed by atoms with E-state index in [9.17, 15) is 4.79 Å². The minimum Gasteiger partial charge on any atom is -0.478 e. The summed E-state index contributed by atoms with van der Waals surface area (Å²) >= 11 is 0. The number of aromatic carboxylic acids is 1. The van der Waals surface area contributed by atoms with Crippen molar-refractivity contribution in [1.82, 2.24) is 10.2 Å². The second-order valence-corrected chi connectivity index (χ2v) is 3.03. The summed E-state index contributed by atoms with van der Waals surface area (Å²) in [6.45, 7) is 1.79. The Morgan fingerprint density at radius 3 is 2.67 bits per heavy atom. The van der Waals surface area contributed by atoms with Gasteiger partial charge in [0.15, 0.2) is 0 Å². The monoisotopic (exact) mass is 204 g/mol. The number of aromatic nitrogens is 2. The summed E-state index contributed by atoms with van der Waals surface area (Å²) in [5.41, 5.74) is 0.518. The average molecular weight is 204 g/mol. The fraction of sp³-hybridized carbons (Fsp3) is 0.100. The van der Waals surface area contributed by atoms with Gasteiger partial charge in [-0.2, -0.15) is 10.2 Å². The third-order valence-corrected chi connectivity index (χ3v) is 1.97. The van der Waals surface area contributed by atoms with Crippen molar-refractivity contribution in [2.75, 3.05) is 0 Å². The van der Waals surface area contributed by atoms with Gasteiger partial charge in [-0.1, -0.05) is 0 Å². The van der Waals surface area contributed by atoms with E-state index >= 15 is 0 Å². The molecule has 2 aromatic rings. The highest BCUT2D eigenvalue weighted by molar-refractivity contribution is 5.94. The van der Waals surface area contributed by atoms with Crippen molar-refractivity contribution in [3.63, 3.8) is 0 Å². The van der Waals surface area contributed by atoms with E-state index in [4.69, 9.17) is 9.52 Å². The van der Waals surface area contributed by atoms with Gasteiger partial charge in [-0.05, 0) is 19.1 Å². The van der Waals surface area contributed by atoms with Crippen LogP contribution in [0.3, 0.4) is 0 Å². The lowest BCUT2D eigenvalue weighted by molar-refractivity contribution is 0.0697. The SMILES string of the molecule is Cc1ccc(-c2cnncc2C(=O)O)o1. The lowest BCUT2D eigenvalue weighted by Crippen LogP contribution is -2.01. The van der Waals surface area contributed by atoms with Crippen molar-refractivity contribution in [3.8, 4) is 11.3 Å².